The number of carbonyl (C=O) groups is 1. The van der Waals surface area contributed by atoms with Gasteiger partial charge in [-0.05, 0) is 51.3 Å². The fourth-order valence-corrected chi connectivity index (χ4v) is 3.43. The van der Waals surface area contributed by atoms with Crippen molar-refractivity contribution in [1.29, 1.82) is 0 Å². The van der Waals surface area contributed by atoms with Gasteiger partial charge in [-0.15, -0.1) is 0 Å². The Morgan fingerprint density at radius 3 is 2.90 bits per heavy atom. The fraction of sp³-hybridized carbons (Fsp3) is 0.542. The third-order valence-electron chi connectivity index (χ3n) is 4.81. The number of allylic oxidation sites excluding steroid dienone is 2. The summed E-state index contributed by atoms with van der Waals surface area (Å²) in [5.74, 6) is 0.332. The maximum atomic E-state index is 11.5. The first-order valence-corrected chi connectivity index (χ1v) is 11.1. The van der Waals surface area contributed by atoms with Gasteiger partial charge >= 0.3 is 5.97 Å². The maximum absolute atomic E-state index is 11.5. The van der Waals surface area contributed by atoms with Crippen LogP contribution in [0.3, 0.4) is 0 Å². The van der Waals surface area contributed by atoms with E-state index in [0.29, 0.717) is 23.6 Å². The Balaban J connectivity index is 1.72. The van der Waals surface area contributed by atoms with Gasteiger partial charge in [0, 0.05) is 17.4 Å². The van der Waals surface area contributed by atoms with Gasteiger partial charge in [0.2, 0.25) is 0 Å². The summed E-state index contributed by atoms with van der Waals surface area (Å²) >= 11 is 5.92. The summed E-state index contributed by atoms with van der Waals surface area (Å²) < 4.78 is 16.3. The fourth-order valence-electron chi connectivity index (χ4n) is 3.25. The van der Waals surface area contributed by atoms with E-state index < -0.39 is 12.2 Å². The molecule has 0 saturated carbocycles. The van der Waals surface area contributed by atoms with Crippen LogP contribution < -0.4 is 4.74 Å². The number of benzene rings is 1. The van der Waals surface area contributed by atoms with Crippen LogP contribution in [0, 0.1) is 5.92 Å². The van der Waals surface area contributed by atoms with Crippen LogP contribution >= 0.6 is 11.6 Å². The molecule has 0 amide bonds. The predicted molar refractivity (Wildman–Crippen MR) is 120 cm³/mol. The molecular formula is C24H33ClO6. The van der Waals surface area contributed by atoms with Crippen LogP contribution in [0.25, 0.3) is 0 Å². The van der Waals surface area contributed by atoms with Crippen LogP contribution in [-0.4, -0.2) is 53.8 Å². The minimum atomic E-state index is -0.804. The van der Waals surface area contributed by atoms with Gasteiger partial charge in [-0.1, -0.05) is 42.0 Å². The standard InChI is InChI=1S/C24H33ClO6/c1-17(2)31-24(28)11-6-4-3-5-10-21-22(27)16-30-23(21)13-12-19(26)15-29-20-9-7-8-18(25)14-20/h3,5,7-9,12-14,17,19,21-23,26-27H,4,6,10-11,15-16H2,1-2H3/b5-3-,13-12+/t19?,21-,22-,23+/m0/s1. The van der Waals surface area contributed by atoms with Crippen LogP contribution in [0.5, 0.6) is 5.75 Å². The van der Waals surface area contributed by atoms with Crippen molar-refractivity contribution >= 4 is 17.6 Å². The second-order valence-corrected chi connectivity index (χ2v) is 8.32. The molecule has 6 nitrogen and oxygen atoms in total. The van der Waals surface area contributed by atoms with Crippen molar-refractivity contribution in [3.63, 3.8) is 0 Å². The van der Waals surface area contributed by atoms with E-state index in [4.69, 9.17) is 25.8 Å². The second-order valence-electron chi connectivity index (χ2n) is 7.89. The topological polar surface area (TPSA) is 85.2 Å². The monoisotopic (exact) mass is 452 g/mol. The molecule has 1 aromatic carbocycles. The lowest BCUT2D eigenvalue weighted by Crippen LogP contribution is -2.23. The van der Waals surface area contributed by atoms with Crippen molar-refractivity contribution in [2.75, 3.05) is 13.2 Å². The third-order valence-corrected chi connectivity index (χ3v) is 5.04. The van der Waals surface area contributed by atoms with Crippen molar-refractivity contribution in [1.82, 2.24) is 0 Å². The Morgan fingerprint density at radius 1 is 1.35 bits per heavy atom. The predicted octanol–water partition coefficient (Wildman–Crippen LogP) is 4.08. The van der Waals surface area contributed by atoms with Gasteiger partial charge in [0.15, 0.2) is 0 Å². The minimum Gasteiger partial charge on any atom is -0.491 e. The molecule has 0 aliphatic carbocycles. The normalized spacial score (nSPS) is 22.5. The Kier molecular flexibility index (Phi) is 11.1. The number of carbonyl (C=O) groups excluding carboxylic acids is 1. The average Bonchev–Trinajstić information content (AvgIpc) is 3.06. The van der Waals surface area contributed by atoms with Gasteiger partial charge in [-0.2, -0.15) is 0 Å². The molecule has 1 heterocycles. The lowest BCUT2D eigenvalue weighted by atomic mass is 9.94. The molecule has 1 unspecified atom stereocenters. The van der Waals surface area contributed by atoms with Crippen molar-refractivity contribution in [3.8, 4) is 5.75 Å². The minimum absolute atomic E-state index is 0.0838. The van der Waals surface area contributed by atoms with E-state index >= 15 is 0 Å². The summed E-state index contributed by atoms with van der Waals surface area (Å²) in [5, 5.41) is 20.9. The molecule has 1 aliphatic rings. The number of rotatable bonds is 12. The van der Waals surface area contributed by atoms with Gasteiger partial charge in [0.1, 0.15) is 18.5 Å². The number of esters is 1. The molecule has 4 atom stereocenters. The molecule has 0 spiro atoms. The number of hydrogen-bond donors (Lipinski definition) is 2. The number of aliphatic hydroxyl groups excluding tert-OH is 2. The molecule has 1 aliphatic heterocycles. The van der Waals surface area contributed by atoms with Gasteiger partial charge in [-0.25, -0.2) is 0 Å². The smallest absolute Gasteiger partial charge is 0.306 e. The SMILES string of the molecule is CC(C)OC(=O)CCC/C=C\C[C@H]1[C@@H](O)CO[C@@H]1/C=C/C(O)COc1cccc(Cl)c1. The molecular weight excluding hydrogens is 420 g/mol. The maximum Gasteiger partial charge on any atom is 0.306 e. The zero-order valence-corrected chi connectivity index (χ0v) is 18.9. The summed E-state index contributed by atoms with van der Waals surface area (Å²) in [6, 6.07) is 6.99. The van der Waals surface area contributed by atoms with Crippen LogP contribution in [0.1, 0.15) is 39.5 Å². The van der Waals surface area contributed by atoms with Crippen molar-refractivity contribution < 1.29 is 29.2 Å². The van der Waals surface area contributed by atoms with Gasteiger partial charge in [0.05, 0.1) is 24.9 Å². The molecule has 31 heavy (non-hydrogen) atoms. The first-order chi connectivity index (χ1) is 14.8. The van der Waals surface area contributed by atoms with Crippen LogP contribution in [0.15, 0.2) is 48.6 Å². The molecule has 0 bridgehead atoms. The zero-order valence-electron chi connectivity index (χ0n) is 18.2. The first-order valence-electron chi connectivity index (χ1n) is 10.7. The summed E-state index contributed by atoms with van der Waals surface area (Å²) in [7, 11) is 0. The quantitative estimate of drug-likeness (QED) is 0.282. The highest BCUT2D eigenvalue weighted by atomic mass is 35.5. The number of unbranched alkanes of at least 4 members (excludes halogenated alkanes) is 1. The van der Waals surface area contributed by atoms with E-state index in [0.717, 1.165) is 12.8 Å². The number of hydrogen-bond acceptors (Lipinski definition) is 6. The van der Waals surface area contributed by atoms with E-state index in [-0.39, 0.29) is 37.3 Å². The molecule has 0 aromatic heterocycles. The molecule has 2 rings (SSSR count). The highest BCUT2D eigenvalue weighted by molar-refractivity contribution is 6.30. The molecule has 172 valence electrons. The highest BCUT2D eigenvalue weighted by Crippen LogP contribution is 2.26. The Bertz CT molecular complexity index is 733. The van der Waals surface area contributed by atoms with E-state index in [1.54, 1.807) is 36.4 Å². The third kappa shape index (κ3) is 9.87. The van der Waals surface area contributed by atoms with E-state index in [1.807, 2.05) is 26.0 Å². The molecule has 7 heteroatoms. The van der Waals surface area contributed by atoms with Crippen LogP contribution in [0.2, 0.25) is 5.02 Å². The van der Waals surface area contributed by atoms with Gasteiger partial charge < -0.3 is 24.4 Å². The largest absolute Gasteiger partial charge is 0.491 e. The van der Waals surface area contributed by atoms with E-state index in [9.17, 15) is 15.0 Å². The molecule has 1 aromatic rings. The Morgan fingerprint density at radius 2 is 2.16 bits per heavy atom. The molecule has 1 fully saturated rings. The van der Waals surface area contributed by atoms with Gasteiger partial charge in [0.25, 0.3) is 0 Å². The lowest BCUT2D eigenvalue weighted by Gasteiger charge is -2.16. The number of aliphatic hydroxyl groups is 2. The molecule has 2 N–H and O–H groups in total. The summed E-state index contributed by atoms with van der Waals surface area (Å²) in [6.07, 6.45) is 8.28. The van der Waals surface area contributed by atoms with Crippen molar-refractivity contribution in [3.05, 3.63) is 53.6 Å². The highest BCUT2D eigenvalue weighted by Gasteiger charge is 2.33. The van der Waals surface area contributed by atoms with Crippen LogP contribution in [0.4, 0.5) is 0 Å². The Hall–Kier alpha value is -1.86. The average molecular weight is 453 g/mol. The summed E-state index contributed by atoms with van der Waals surface area (Å²) in [4.78, 5) is 11.5. The number of halogens is 1. The number of ether oxygens (including phenoxy) is 3. The van der Waals surface area contributed by atoms with Gasteiger partial charge in [-0.3, -0.25) is 4.79 Å². The zero-order chi connectivity index (χ0) is 22.6. The van der Waals surface area contributed by atoms with Crippen molar-refractivity contribution in [2.24, 2.45) is 5.92 Å². The second kappa shape index (κ2) is 13.5. The van der Waals surface area contributed by atoms with Crippen molar-refractivity contribution in [2.45, 2.75) is 63.9 Å². The van der Waals surface area contributed by atoms with Crippen LogP contribution in [-0.2, 0) is 14.3 Å². The Labute approximate surface area is 189 Å². The summed E-state index contributed by atoms with van der Waals surface area (Å²) in [6.45, 7) is 4.03. The first kappa shape index (κ1) is 25.4. The van der Waals surface area contributed by atoms with E-state index in [1.165, 1.54) is 0 Å². The lowest BCUT2D eigenvalue weighted by molar-refractivity contribution is -0.147. The molecule has 1 saturated heterocycles. The molecule has 0 radical (unpaired) electrons. The van der Waals surface area contributed by atoms with E-state index in [2.05, 4.69) is 0 Å². The summed E-state index contributed by atoms with van der Waals surface area (Å²) in [5.41, 5.74) is 0.